The number of hydrogen-bond acceptors (Lipinski definition) is 6. The predicted molar refractivity (Wildman–Crippen MR) is 129 cm³/mol. The van der Waals surface area contributed by atoms with Gasteiger partial charge in [-0.1, -0.05) is 36.4 Å². The lowest BCUT2D eigenvalue weighted by Crippen LogP contribution is -2.15. The second kappa shape index (κ2) is 8.96. The average Bonchev–Trinajstić information content (AvgIpc) is 3.35. The number of nitro benzene ring substituents is 1. The lowest BCUT2D eigenvalue weighted by Gasteiger charge is -2.22. The van der Waals surface area contributed by atoms with Gasteiger partial charge in [0.05, 0.1) is 21.7 Å². The third-order valence-electron chi connectivity index (χ3n) is 5.73. The van der Waals surface area contributed by atoms with Gasteiger partial charge in [-0.15, -0.1) is 11.3 Å². The summed E-state index contributed by atoms with van der Waals surface area (Å²) >= 11 is 1.67. The molecule has 0 amide bonds. The number of fused-ring (bicyclic) bond motifs is 2. The lowest BCUT2D eigenvalue weighted by atomic mass is 9.86. The van der Waals surface area contributed by atoms with Crippen molar-refractivity contribution in [1.29, 1.82) is 0 Å². The first-order chi connectivity index (χ1) is 16.1. The Morgan fingerprint density at radius 2 is 2.00 bits per heavy atom. The number of benzene rings is 2. The van der Waals surface area contributed by atoms with Gasteiger partial charge in [-0.2, -0.15) is 0 Å². The smallest absolute Gasteiger partial charge is 0.339 e. The van der Waals surface area contributed by atoms with Gasteiger partial charge in [0.15, 0.2) is 0 Å². The second-order valence-electron chi connectivity index (χ2n) is 7.87. The number of para-hydroxylation sites is 1. The highest BCUT2D eigenvalue weighted by molar-refractivity contribution is 7.10. The Kier molecular flexibility index (Phi) is 5.71. The number of hydrogen-bond donors (Lipinski definition) is 0. The van der Waals surface area contributed by atoms with Crippen molar-refractivity contribution < 1.29 is 14.5 Å². The SMILES string of the molecule is O=C(OCc1cccc([N+](=O)[O-])c1)c1c2c(nc3ccccc13)/C(=C\c1cccs1)CCC2. The van der Waals surface area contributed by atoms with E-state index in [4.69, 9.17) is 9.72 Å². The van der Waals surface area contributed by atoms with Crippen LogP contribution in [-0.2, 0) is 17.8 Å². The fourth-order valence-electron chi connectivity index (χ4n) is 4.23. The van der Waals surface area contributed by atoms with Crippen LogP contribution in [0.4, 0.5) is 5.69 Å². The van der Waals surface area contributed by atoms with Crippen LogP contribution in [0.1, 0.15) is 44.9 Å². The Bertz CT molecular complexity index is 1390. The minimum absolute atomic E-state index is 0.0290. The number of rotatable bonds is 5. The van der Waals surface area contributed by atoms with E-state index in [0.29, 0.717) is 11.1 Å². The Morgan fingerprint density at radius 3 is 2.82 bits per heavy atom. The van der Waals surface area contributed by atoms with Crippen LogP contribution in [0.2, 0.25) is 0 Å². The highest BCUT2D eigenvalue weighted by atomic mass is 32.1. The summed E-state index contributed by atoms with van der Waals surface area (Å²) in [6.45, 7) is -0.0379. The largest absolute Gasteiger partial charge is 0.457 e. The third kappa shape index (κ3) is 4.27. The molecule has 0 fully saturated rings. The topological polar surface area (TPSA) is 82.3 Å². The summed E-state index contributed by atoms with van der Waals surface area (Å²) in [6, 6.07) is 17.8. The van der Waals surface area contributed by atoms with Gasteiger partial charge >= 0.3 is 5.97 Å². The summed E-state index contributed by atoms with van der Waals surface area (Å²) in [4.78, 5) is 30.0. The van der Waals surface area contributed by atoms with E-state index in [0.717, 1.165) is 51.9 Å². The number of nitro groups is 1. The molecule has 0 bridgehead atoms. The first-order valence-electron chi connectivity index (χ1n) is 10.7. The number of pyridine rings is 1. The van der Waals surface area contributed by atoms with Gasteiger partial charge in [0, 0.05) is 22.4 Å². The van der Waals surface area contributed by atoms with Crippen LogP contribution in [0, 0.1) is 10.1 Å². The molecular formula is C26H20N2O4S. The average molecular weight is 457 g/mol. The van der Waals surface area contributed by atoms with E-state index in [1.54, 1.807) is 23.5 Å². The van der Waals surface area contributed by atoms with Crippen molar-refractivity contribution in [2.24, 2.45) is 0 Å². The molecule has 0 radical (unpaired) electrons. The number of nitrogens with zero attached hydrogens (tertiary/aromatic N) is 2. The number of carbonyl (C=O) groups is 1. The standard InChI is InChI=1S/C26H20N2O4S/c29-26(32-16-17-6-3-8-19(14-17)28(30)31)24-21-10-1-2-12-23(21)27-25-18(7-4-11-22(24)25)15-20-9-5-13-33-20/h1-3,5-6,8-10,12-15H,4,7,11,16H2/b18-15-. The molecule has 0 N–H and O–H groups in total. The Hall–Kier alpha value is -3.84. The maximum atomic E-state index is 13.3. The van der Waals surface area contributed by atoms with Gasteiger partial charge in [0.2, 0.25) is 0 Å². The summed E-state index contributed by atoms with van der Waals surface area (Å²) < 4.78 is 5.66. The quantitative estimate of drug-likeness (QED) is 0.196. The van der Waals surface area contributed by atoms with E-state index < -0.39 is 10.9 Å². The van der Waals surface area contributed by atoms with E-state index in [2.05, 4.69) is 12.1 Å². The number of aromatic nitrogens is 1. The second-order valence-corrected chi connectivity index (χ2v) is 8.85. The minimum Gasteiger partial charge on any atom is -0.457 e. The van der Waals surface area contributed by atoms with Crippen molar-refractivity contribution in [3.63, 3.8) is 0 Å². The van der Waals surface area contributed by atoms with Gasteiger partial charge in [0.25, 0.3) is 5.69 Å². The van der Waals surface area contributed by atoms with E-state index in [9.17, 15) is 14.9 Å². The molecule has 7 heteroatoms. The summed E-state index contributed by atoms with van der Waals surface area (Å²) in [6.07, 6.45) is 4.73. The number of allylic oxidation sites excluding steroid dienone is 1. The van der Waals surface area contributed by atoms with Crippen molar-refractivity contribution >= 4 is 45.5 Å². The van der Waals surface area contributed by atoms with Crippen molar-refractivity contribution in [3.8, 4) is 0 Å². The molecule has 0 saturated carbocycles. The Morgan fingerprint density at radius 1 is 1.12 bits per heavy atom. The van der Waals surface area contributed by atoms with Crippen molar-refractivity contribution in [2.45, 2.75) is 25.9 Å². The third-order valence-corrected chi connectivity index (χ3v) is 6.54. The van der Waals surface area contributed by atoms with Crippen molar-refractivity contribution in [2.75, 3.05) is 0 Å². The molecule has 2 heterocycles. The van der Waals surface area contributed by atoms with Crippen LogP contribution >= 0.6 is 11.3 Å². The number of non-ortho nitro benzene ring substituents is 1. The van der Waals surface area contributed by atoms with E-state index in [1.165, 1.54) is 12.1 Å². The summed E-state index contributed by atoms with van der Waals surface area (Å²) in [5, 5.41) is 13.9. The molecule has 0 atom stereocenters. The van der Waals surface area contributed by atoms with Crippen LogP contribution in [0.5, 0.6) is 0 Å². The van der Waals surface area contributed by atoms with Crippen LogP contribution in [0.15, 0.2) is 66.0 Å². The maximum absolute atomic E-state index is 13.3. The monoisotopic (exact) mass is 456 g/mol. The lowest BCUT2D eigenvalue weighted by molar-refractivity contribution is -0.384. The molecule has 1 aliphatic carbocycles. The molecule has 0 saturated heterocycles. The number of ether oxygens (including phenoxy) is 1. The zero-order valence-electron chi connectivity index (χ0n) is 17.7. The number of esters is 1. The zero-order chi connectivity index (χ0) is 22.8. The van der Waals surface area contributed by atoms with Gasteiger partial charge < -0.3 is 4.74 Å². The maximum Gasteiger partial charge on any atom is 0.339 e. The van der Waals surface area contributed by atoms with Gasteiger partial charge in [-0.05, 0) is 59.6 Å². The fourth-order valence-corrected chi connectivity index (χ4v) is 4.92. The number of carbonyl (C=O) groups excluding carboxylic acids is 1. The molecule has 2 aromatic heterocycles. The van der Waals surface area contributed by atoms with Crippen molar-refractivity contribution in [3.05, 3.63) is 103 Å². The molecule has 1 aliphatic rings. The zero-order valence-corrected chi connectivity index (χ0v) is 18.5. The molecule has 4 aromatic rings. The first kappa shape index (κ1) is 21.0. The predicted octanol–water partition coefficient (Wildman–Crippen LogP) is 6.44. The number of thiophene rings is 1. The Labute approximate surface area is 194 Å². The Balaban J connectivity index is 1.54. The minimum atomic E-state index is -0.459. The van der Waals surface area contributed by atoms with Crippen LogP contribution in [-0.4, -0.2) is 15.9 Å². The molecular weight excluding hydrogens is 436 g/mol. The highest BCUT2D eigenvalue weighted by Crippen LogP contribution is 2.37. The van der Waals surface area contributed by atoms with Crippen molar-refractivity contribution in [1.82, 2.24) is 4.98 Å². The highest BCUT2D eigenvalue weighted by Gasteiger charge is 2.26. The molecule has 164 valence electrons. The van der Waals surface area contributed by atoms with E-state index in [-0.39, 0.29) is 12.3 Å². The molecule has 33 heavy (non-hydrogen) atoms. The van der Waals surface area contributed by atoms with Gasteiger partial charge in [0.1, 0.15) is 6.61 Å². The van der Waals surface area contributed by atoms with E-state index in [1.807, 2.05) is 35.7 Å². The molecule has 2 aromatic carbocycles. The van der Waals surface area contributed by atoms with E-state index >= 15 is 0 Å². The fraction of sp³-hybridized carbons (Fsp3) is 0.154. The molecule has 0 unspecified atom stereocenters. The summed E-state index contributed by atoms with van der Waals surface area (Å²) in [7, 11) is 0. The summed E-state index contributed by atoms with van der Waals surface area (Å²) in [5.41, 5.74) is 4.72. The van der Waals surface area contributed by atoms with Gasteiger partial charge in [-0.3, -0.25) is 10.1 Å². The molecule has 0 aliphatic heterocycles. The van der Waals surface area contributed by atoms with Crippen LogP contribution < -0.4 is 0 Å². The molecule has 5 rings (SSSR count). The normalized spacial score (nSPS) is 14.2. The molecule has 6 nitrogen and oxygen atoms in total. The van der Waals surface area contributed by atoms with Gasteiger partial charge in [-0.25, -0.2) is 9.78 Å². The summed E-state index contributed by atoms with van der Waals surface area (Å²) in [5.74, 6) is -0.436. The molecule has 0 spiro atoms. The van der Waals surface area contributed by atoms with Crippen LogP contribution in [0.25, 0.3) is 22.6 Å². The first-order valence-corrected chi connectivity index (χ1v) is 11.5. The van der Waals surface area contributed by atoms with Crippen LogP contribution in [0.3, 0.4) is 0 Å².